The molecule has 0 atom stereocenters. The van der Waals surface area contributed by atoms with Crippen LogP contribution in [0.25, 0.3) is 0 Å². The summed E-state index contributed by atoms with van der Waals surface area (Å²) in [5.41, 5.74) is 0.000155. The first-order chi connectivity index (χ1) is 11.8. The van der Waals surface area contributed by atoms with E-state index in [9.17, 15) is 18.3 Å². The molecule has 0 spiro atoms. The SMILES string of the molecule is C=CCCNc1cc(C(=O)O)cc(S(N)(=O)=O)c1Oc1ccccc1. The van der Waals surface area contributed by atoms with Gasteiger partial charge in [-0.05, 0) is 30.7 Å². The van der Waals surface area contributed by atoms with Crippen LogP contribution in [0.15, 0.2) is 60.0 Å². The number of carbonyl (C=O) groups is 1. The number of benzene rings is 2. The molecule has 2 aromatic carbocycles. The Morgan fingerprint density at radius 2 is 1.96 bits per heavy atom. The maximum Gasteiger partial charge on any atom is 0.335 e. The van der Waals surface area contributed by atoms with Crippen molar-refractivity contribution in [1.29, 1.82) is 0 Å². The fourth-order valence-electron chi connectivity index (χ4n) is 2.09. The second-order valence-corrected chi connectivity index (χ2v) is 6.65. The first-order valence-electron chi connectivity index (χ1n) is 7.34. The lowest BCUT2D eigenvalue weighted by Crippen LogP contribution is -2.16. The van der Waals surface area contributed by atoms with E-state index in [2.05, 4.69) is 11.9 Å². The lowest BCUT2D eigenvalue weighted by atomic mass is 10.1. The van der Waals surface area contributed by atoms with Crippen LogP contribution in [0, 0.1) is 0 Å². The largest absolute Gasteiger partial charge is 0.478 e. The van der Waals surface area contributed by atoms with E-state index < -0.39 is 20.9 Å². The smallest absolute Gasteiger partial charge is 0.335 e. The number of anilines is 1. The molecule has 0 aliphatic heterocycles. The number of ether oxygens (including phenoxy) is 1. The number of carboxylic acid groups (broad SMARTS) is 1. The number of rotatable bonds is 8. The van der Waals surface area contributed by atoms with E-state index in [1.54, 1.807) is 36.4 Å². The van der Waals surface area contributed by atoms with Crippen LogP contribution in [0.4, 0.5) is 5.69 Å². The van der Waals surface area contributed by atoms with E-state index in [0.717, 1.165) is 6.07 Å². The van der Waals surface area contributed by atoms with Gasteiger partial charge >= 0.3 is 5.97 Å². The molecule has 0 fully saturated rings. The third-order valence-corrected chi connectivity index (χ3v) is 4.15. The van der Waals surface area contributed by atoms with Gasteiger partial charge in [-0.3, -0.25) is 0 Å². The summed E-state index contributed by atoms with van der Waals surface area (Å²) in [7, 11) is -4.21. The van der Waals surface area contributed by atoms with Crippen molar-refractivity contribution < 1.29 is 23.1 Å². The highest BCUT2D eigenvalue weighted by atomic mass is 32.2. The van der Waals surface area contributed by atoms with Crippen LogP contribution < -0.4 is 15.2 Å². The van der Waals surface area contributed by atoms with Gasteiger partial charge in [0.15, 0.2) is 5.75 Å². The summed E-state index contributed by atoms with van der Waals surface area (Å²) >= 11 is 0. The Balaban J connectivity index is 2.61. The van der Waals surface area contributed by atoms with E-state index in [0.29, 0.717) is 18.7 Å². The van der Waals surface area contributed by atoms with E-state index in [4.69, 9.17) is 9.88 Å². The second-order valence-electron chi connectivity index (χ2n) is 5.12. The number of aromatic carboxylic acids is 1. The van der Waals surface area contributed by atoms with Crippen molar-refractivity contribution in [3.63, 3.8) is 0 Å². The van der Waals surface area contributed by atoms with Crippen molar-refractivity contribution in [1.82, 2.24) is 0 Å². The van der Waals surface area contributed by atoms with Crippen molar-refractivity contribution >= 4 is 21.7 Å². The standard InChI is InChI=1S/C17H18N2O5S/c1-2-3-9-19-14-10-12(17(20)21)11-15(25(18,22)23)16(14)24-13-7-5-4-6-8-13/h2,4-8,10-11,19H,1,3,9H2,(H,20,21)(H2,18,22,23). The Morgan fingerprint density at radius 3 is 2.52 bits per heavy atom. The number of para-hydroxylation sites is 1. The number of nitrogens with two attached hydrogens (primary N) is 1. The number of primary sulfonamides is 1. The Morgan fingerprint density at radius 1 is 1.28 bits per heavy atom. The minimum atomic E-state index is -4.21. The summed E-state index contributed by atoms with van der Waals surface area (Å²) < 4.78 is 29.6. The van der Waals surface area contributed by atoms with Gasteiger partial charge < -0.3 is 15.2 Å². The molecule has 0 saturated heterocycles. The molecule has 0 unspecified atom stereocenters. The van der Waals surface area contributed by atoms with E-state index in [1.165, 1.54) is 6.07 Å². The molecule has 2 rings (SSSR count). The van der Waals surface area contributed by atoms with Crippen molar-refractivity contribution in [2.24, 2.45) is 5.14 Å². The molecule has 132 valence electrons. The number of hydrogen-bond donors (Lipinski definition) is 3. The zero-order valence-corrected chi connectivity index (χ0v) is 14.1. The molecule has 4 N–H and O–H groups in total. The summed E-state index contributed by atoms with van der Waals surface area (Å²) in [6.45, 7) is 4.02. The molecular weight excluding hydrogens is 344 g/mol. The first-order valence-corrected chi connectivity index (χ1v) is 8.89. The summed E-state index contributed by atoms with van der Waals surface area (Å²) in [4.78, 5) is 10.9. The highest BCUT2D eigenvalue weighted by Gasteiger charge is 2.23. The molecule has 0 bridgehead atoms. The van der Waals surface area contributed by atoms with Crippen LogP contribution in [0.2, 0.25) is 0 Å². The molecule has 0 aliphatic rings. The molecular formula is C17H18N2O5S. The monoisotopic (exact) mass is 362 g/mol. The van der Waals surface area contributed by atoms with Gasteiger partial charge in [-0.15, -0.1) is 6.58 Å². The van der Waals surface area contributed by atoms with E-state index in [1.807, 2.05) is 0 Å². The molecule has 8 heteroatoms. The molecule has 0 heterocycles. The summed E-state index contributed by atoms with van der Waals surface area (Å²) in [6, 6.07) is 10.8. The lowest BCUT2D eigenvalue weighted by Gasteiger charge is -2.17. The van der Waals surface area contributed by atoms with Gasteiger partial charge in [-0.1, -0.05) is 24.3 Å². The molecule has 0 aromatic heterocycles. The third kappa shape index (κ3) is 4.82. The lowest BCUT2D eigenvalue weighted by molar-refractivity contribution is 0.0696. The molecule has 7 nitrogen and oxygen atoms in total. The minimum Gasteiger partial charge on any atom is -0.478 e. The third-order valence-electron chi connectivity index (χ3n) is 3.24. The predicted octanol–water partition coefficient (Wildman–Crippen LogP) is 2.81. The summed E-state index contributed by atoms with van der Waals surface area (Å²) in [5.74, 6) is -0.937. The highest BCUT2D eigenvalue weighted by molar-refractivity contribution is 7.89. The average Bonchev–Trinajstić information content (AvgIpc) is 2.56. The first kappa shape index (κ1) is 18.5. The van der Waals surface area contributed by atoms with Crippen LogP contribution in [0.5, 0.6) is 11.5 Å². The number of nitrogens with one attached hydrogen (secondary N) is 1. The van der Waals surface area contributed by atoms with Gasteiger partial charge in [0.05, 0.1) is 11.3 Å². The summed E-state index contributed by atoms with van der Waals surface area (Å²) in [6.07, 6.45) is 2.26. The van der Waals surface area contributed by atoms with Crippen molar-refractivity contribution in [2.45, 2.75) is 11.3 Å². The zero-order chi connectivity index (χ0) is 18.4. The maximum atomic E-state index is 12.0. The predicted molar refractivity (Wildman–Crippen MR) is 94.6 cm³/mol. The molecule has 25 heavy (non-hydrogen) atoms. The van der Waals surface area contributed by atoms with Gasteiger partial charge in [0.25, 0.3) is 0 Å². The second kappa shape index (κ2) is 7.82. The number of hydrogen-bond acceptors (Lipinski definition) is 5. The molecule has 2 aromatic rings. The Labute approximate surface area is 145 Å². The fraction of sp³-hybridized carbons (Fsp3) is 0.118. The van der Waals surface area contributed by atoms with Gasteiger partial charge in [0, 0.05) is 6.54 Å². The Bertz CT molecular complexity index is 879. The topological polar surface area (TPSA) is 119 Å². The van der Waals surface area contributed by atoms with Gasteiger partial charge in [-0.2, -0.15) is 0 Å². The van der Waals surface area contributed by atoms with E-state index in [-0.39, 0.29) is 17.0 Å². The van der Waals surface area contributed by atoms with Crippen LogP contribution in [-0.2, 0) is 10.0 Å². The maximum absolute atomic E-state index is 12.0. The van der Waals surface area contributed by atoms with Crippen LogP contribution >= 0.6 is 0 Å². The molecule has 0 saturated carbocycles. The van der Waals surface area contributed by atoms with Crippen molar-refractivity contribution in [2.75, 3.05) is 11.9 Å². The molecule has 0 aliphatic carbocycles. The quantitative estimate of drug-likeness (QED) is 0.491. The Kier molecular flexibility index (Phi) is 5.79. The molecule has 0 radical (unpaired) electrons. The zero-order valence-electron chi connectivity index (χ0n) is 13.3. The van der Waals surface area contributed by atoms with Crippen molar-refractivity contribution in [3.8, 4) is 11.5 Å². The summed E-state index contributed by atoms with van der Waals surface area (Å²) in [5, 5.41) is 17.5. The van der Waals surface area contributed by atoms with Gasteiger partial charge in [0.1, 0.15) is 10.6 Å². The normalized spacial score (nSPS) is 10.9. The van der Waals surface area contributed by atoms with Crippen LogP contribution in [-0.4, -0.2) is 26.0 Å². The van der Waals surface area contributed by atoms with Gasteiger partial charge in [-0.25, -0.2) is 18.4 Å². The van der Waals surface area contributed by atoms with Crippen molar-refractivity contribution in [3.05, 3.63) is 60.7 Å². The minimum absolute atomic E-state index is 0.0530. The molecule has 0 amide bonds. The van der Waals surface area contributed by atoms with E-state index >= 15 is 0 Å². The van der Waals surface area contributed by atoms with Gasteiger partial charge in [0.2, 0.25) is 10.0 Å². The number of carboxylic acids is 1. The van der Waals surface area contributed by atoms with Crippen LogP contribution in [0.1, 0.15) is 16.8 Å². The van der Waals surface area contributed by atoms with Crippen LogP contribution in [0.3, 0.4) is 0 Å². The number of sulfonamides is 1. The fourth-order valence-corrected chi connectivity index (χ4v) is 2.79. The highest BCUT2D eigenvalue weighted by Crippen LogP contribution is 2.37. The average molecular weight is 362 g/mol. The Hall–Kier alpha value is -2.84.